The standard InChI is InChI=1S/C14H17ClO4/c1-3-4-5-13(14(17)18-2)19-12-7-6-11(15)8-10(12)9-16/h6-9,13H,3-5H2,1-2H3. The largest absolute Gasteiger partial charge is 0.478 e. The Kier molecular flexibility index (Phi) is 6.36. The third-order valence-corrected chi connectivity index (χ3v) is 2.89. The minimum Gasteiger partial charge on any atom is -0.478 e. The number of unbranched alkanes of at least 4 members (excludes halogenated alkanes) is 1. The maximum absolute atomic E-state index is 11.6. The summed E-state index contributed by atoms with van der Waals surface area (Å²) in [6.45, 7) is 2.02. The van der Waals surface area contributed by atoms with Crippen molar-refractivity contribution in [1.29, 1.82) is 0 Å². The number of halogens is 1. The van der Waals surface area contributed by atoms with Gasteiger partial charge in [-0.25, -0.2) is 4.79 Å². The highest BCUT2D eigenvalue weighted by Crippen LogP contribution is 2.23. The van der Waals surface area contributed by atoms with Crippen molar-refractivity contribution in [3.63, 3.8) is 0 Å². The van der Waals surface area contributed by atoms with E-state index in [2.05, 4.69) is 0 Å². The number of benzene rings is 1. The first-order valence-corrected chi connectivity index (χ1v) is 6.49. The molecule has 0 spiro atoms. The average Bonchev–Trinajstić information content (AvgIpc) is 2.43. The van der Waals surface area contributed by atoms with Gasteiger partial charge in [-0.05, 0) is 31.0 Å². The number of hydrogen-bond acceptors (Lipinski definition) is 4. The van der Waals surface area contributed by atoms with Gasteiger partial charge in [-0.2, -0.15) is 0 Å². The lowest BCUT2D eigenvalue weighted by Crippen LogP contribution is -2.28. The van der Waals surface area contributed by atoms with Crippen LogP contribution in [0.3, 0.4) is 0 Å². The summed E-state index contributed by atoms with van der Waals surface area (Å²) >= 11 is 5.80. The van der Waals surface area contributed by atoms with Gasteiger partial charge in [0.1, 0.15) is 5.75 Å². The van der Waals surface area contributed by atoms with Crippen LogP contribution in [0.15, 0.2) is 18.2 Å². The first kappa shape index (κ1) is 15.5. The maximum atomic E-state index is 11.6. The van der Waals surface area contributed by atoms with Gasteiger partial charge < -0.3 is 9.47 Å². The first-order chi connectivity index (χ1) is 9.12. The highest BCUT2D eigenvalue weighted by atomic mass is 35.5. The zero-order valence-corrected chi connectivity index (χ0v) is 11.8. The fraction of sp³-hybridized carbons (Fsp3) is 0.429. The number of hydrogen-bond donors (Lipinski definition) is 0. The fourth-order valence-electron chi connectivity index (χ4n) is 1.62. The molecule has 1 unspecified atom stereocenters. The van der Waals surface area contributed by atoms with Gasteiger partial charge in [0.05, 0.1) is 12.7 Å². The van der Waals surface area contributed by atoms with Crippen LogP contribution in [0.1, 0.15) is 36.5 Å². The van der Waals surface area contributed by atoms with E-state index in [4.69, 9.17) is 21.1 Å². The second kappa shape index (κ2) is 7.79. The molecule has 0 aromatic heterocycles. The summed E-state index contributed by atoms with van der Waals surface area (Å²) in [5, 5.41) is 0.442. The average molecular weight is 285 g/mol. The lowest BCUT2D eigenvalue weighted by Gasteiger charge is -2.17. The lowest BCUT2D eigenvalue weighted by molar-refractivity contribution is -0.149. The maximum Gasteiger partial charge on any atom is 0.347 e. The molecule has 0 aliphatic rings. The number of carbonyl (C=O) groups is 2. The van der Waals surface area contributed by atoms with Gasteiger partial charge in [0.25, 0.3) is 0 Å². The Morgan fingerprint density at radius 3 is 2.79 bits per heavy atom. The van der Waals surface area contributed by atoms with Crippen LogP contribution < -0.4 is 4.74 Å². The van der Waals surface area contributed by atoms with E-state index in [1.807, 2.05) is 6.92 Å². The summed E-state index contributed by atoms with van der Waals surface area (Å²) in [7, 11) is 1.31. The summed E-state index contributed by atoms with van der Waals surface area (Å²) in [5.41, 5.74) is 0.318. The van der Waals surface area contributed by atoms with Crippen molar-refractivity contribution < 1.29 is 19.1 Å². The van der Waals surface area contributed by atoms with E-state index in [9.17, 15) is 9.59 Å². The molecule has 19 heavy (non-hydrogen) atoms. The van der Waals surface area contributed by atoms with Gasteiger partial charge >= 0.3 is 5.97 Å². The normalized spacial score (nSPS) is 11.7. The van der Waals surface area contributed by atoms with Crippen LogP contribution in [0.25, 0.3) is 0 Å². The van der Waals surface area contributed by atoms with Crippen molar-refractivity contribution in [3.05, 3.63) is 28.8 Å². The minimum atomic E-state index is -0.704. The Morgan fingerprint density at radius 1 is 1.47 bits per heavy atom. The van der Waals surface area contributed by atoms with E-state index < -0.39 is 12.1 Å². The predicted molar refractivity (Wildman–Crippen MR) is 72.8 cm³/mol. The van der Waals surface area contributed by atoms with E-state index in [-0.39, 0.29) is 0 Å². The number of methoxy groups -OCH3 is 1. The number of esters is 1. The van der Waals surface area contributed by atoms with Gasteiger partial charge in [-0.1, -0.05) is 24.9 Å². The third-order valence-electron chi connectivity index (χ3n) is 2.65. The number of carbonyl (C=O) groups excluding carboxylic acids is 2. The van der Waals surface area contributed by atoms with Gasteiger partial charge in [-0.15, -0.1) is 0 Å². The van der Waals surface area contributed by atoms with Crippen molar-refractivity contribution in [2.24, 2.45) is 0 Å². The number of ether oxygens (including phenoxy) is 2. The Bertz CT molecular complexity index is 445. The Balaban J connectivity index is 2.88. The Hall–Kier alpha value is -1.55. The Morgan fingerprint density at radius 2 is 2.21 bits per heavy atom. The monoisotopic (exact) mass is 284 g/mol. The van der Waals surface area contributed by atoms with E-state index in [0.717, 1.165) is 12.8 Å². The Labute approximate surface area is 117 Å². The molecule has 0 heterocycles. The van der Waals surface area contributed by atoms with Gasteiger partial charge in [0.2, 0.25) is 0 Å². The molecule has 1 rings (SSSR count). The molecule has 0 N–H and O–H groups in total. The summed E-state index contributed by atoms with van der Waals surface area (Å²) in [6, 6.07) is 4.68. The molecule has 1 aromatic rings. The van der Waals surface area contributed by atoms with Gasteiger partial charge in [0, 0.05) is 5.02 Å². The smallest absolute Gasteiger partial charge is 0.347 e. The van der Waals surface area contributed by atoms with Crippen LogP contribution in [0.5, 0.6) is 5.75 Å². The van der Waals surface area contributed by atoms with Crippen molar-refractivity contribution in [2.45, 2.75) is 32.3 Å². The van der Waals surface area contributed by atoms with Crippen molar-refractivity contribution in [3.8, 4) is 5.75 Å². The van der Waals surface area contributed by atoms with Crippen molar-refractivity contribution in [2.75, 3.05) is 7.11 Å². The summed E-state index contributed by atoms with van der Waals surface area (Å²) in [6.07, 6.45) is 2.27. The molecule has 1 aromatic carbocycles. The zero-order valence-electron chi connectivity index (χ0n) is 11.0. The molecule has 0 saturated heterocycles. The summed E-state index contributed by atoms with van der Waals surface area (Å²) in [5.74, 6) is -0.105. The SMILES string of the molecule is CCCCC(Oc1ccc(Cl)cc1C=O)C(=O)OC. The summed E-state index contributed by atoms with van der Waals surface area (Å²) in [4.78, 5) is 22.6. The van der Waals surface area contributed by atoms with Crippen LogP contribution in [0.2, 0.25) is 5.02 Å². The molecule has 0 bridgehead atoms. The lowest BCUT2D eigenvalue weighted by atomic mass is 10.1. The molecule has 104 valence electrons. The van der Waals surface area contributed by atoms with E-state index >= 15 is 0 Å². The zero-order chi connectivity index (χ0) is 14.3. The second-order valence-electron chi connectivity index (χ2n) is 4.07. The van der Waals surface area contributed by atoms with Crippen molar-refractivity contribution >= 4 is 23.9 Å². The quantitative estimate of drug-likeness (QED) is 0.570. The van der Waals surface area contributed by atoms with E-state index in [1.54, 1.807) is 12.1 Å². The molecule has 1 atom stereocenters. The van der Waals surface area contributed by atoms with Crippen LogP contribution in [0, 0.1) is 0 Å². The molecule has 0 aliphatic heterocycles. The molecular formula is C14H17ClO4. The molecule has 0 saturated carbocycles. The number of rotatable bonds is 7. The fourth-order valence-corrected chi connectivity index (χ4v) is 1.80. The van der Waals surface area contributed by atoms with E-state index in [1.165, 1.54) is 13.2 Å². The van der Waals surface area contributed by atoms with E-state index in [0.29, 0.717) is 29.0 Å². The molecule has 0 amide bonds. The van der Waals surface area contributed by atoms with Crippen molar-refractivity contribution in [1.82, 2.24) is 0 Å². The second-order valence-corrected chi connectivity index (χ2v) is 4.51. The minimum absolute atomic E-state index is 0.318. The molecule has 0 aliphatic carbocycles. The molecular weight excluding hydrogens is 268 g/mol. The predicted octanol–water partition coefficient (Wildman–Crippen LogP) is 3.26. The first-order valence-electron chi connectivity index (χ1n) is 6.11. The van der Waals surface area contributed by atoms with Crippen LogP contribution in [-0.4, -0.2) is 25.5 Å². The molecule has 5 heteroatoms. The highest BCUT2D eigenvalue weighted by molar-refractivity contribution is 6.30. The highest BCUT2D eigenvalue weighted by Gasteiger charge is 2.21. The van der Waals surface area contributed by atoms with Crippen LogP contribution in [0.4, 0.5) is 0 Å². The van der Waals surface area contributed by atoms with Crippen LogP contribution >= 0.6 is 11.6 Å². The van der Waals surface area contributed by atoms with Crippen LogP contribution in [-0.2, 0) is 9.53 Å². The molecule has 0 fully saturated rings. The summed E-state index contributed by atoms with van der Waals surface area (Å²) < 4.78 is 10.3. The number of aldehydes is 1. The topological polar surface area (TPSA) is 52.6 Å². The van der Waals surface area contributed by atoms with Gasteiger partial charge in [0.15, 0.2) is 12.4 Å². The molecule has 4 nitrogen and oxygen atoms in total. The van der Waals surface area contributed by atoms with Gasteiger partial charge in [-0.3, -0.25) is 4.79 Å². The molecule has 0 radical (unpaired) electrons. The third kappa shape index (κ3) is 4.56.